The summed E-state index contributed by atoms with van der Waals surface area (Å²) in [7, 11) is 1.42. The van der Waals surface area contributed by atoms with Crippen molar-refractivity contribution in [3.63, 3.8) is 0 Å². The second kappa shape index (κ2) is 5.31. The first-order valence-electron chi connectivity index (χ1n) is 3.50. The molecule has 0 unspecified atom stereocenters. The van der Waals surface area contributed by atoms with Crippen molar-refractivity contribution in [3.8, 4) is 0 Å². The third kappa shape index (κ3) is 4.26. The second-order valence-electron chi connectivity index (χ2n) is 2.06. The lowest BCUT2D eigenvalue weighted by molar-refractivity contribution is -0.155. The van der Waals surface area contributed by atoms with Crippen molar-refractivity contribution >= 4 is 29.2 Å². The van der Waals surface area contributed by atoms with Gasteiger partial charge in [0.15, 0.2) is 5.11 Å². The van der Waals surface area contributed by atoms with Crippen LogP contribution in [-0.4, -0.2) is 35.7 Å². The first kappa shape index (κ1) is 11.6. The van der Waals surface area contributed by atoms with Crippen LogP contribution in [0.3, 0.4) is 0 Å². The fourth-order valence-electron chi connectivity index (χ4n) is 0.450. The van der Waals surface area contributed by atoms with Crippen molar-refractivity contribution in [1.82, 2.24) is 10.4 Å². The summed E-state index contributed by atoms with van der Waals surface area (Å²) in [5.41, 5.74) is 7.27. The van der Waals surface area contributed by atoms with Crippen LogP contribution < -0.4 is 11.2 Å². The molecule has 0 aromatic carbocycles. The summed E-state index contributed by atoms with van der Waals surface area (Å²) in [4.78, 5) is 21.7. The Bertz CT molecular complexity index is 231. The Morgan fingerprint density at radius 2 is 2.15 bits per heavy atom. The normalized spacial score (nSPS) is 8.77. The minimum absolute atomic E-state index is 0.0438. The largest absolute Gasteiger partial charge is 0.459 e. The van der Waals surface area contributed by atoms with E-state index in [0.29, 0.717) is 0 Å². The van der Waals surface area contributed by atoms with E-state index in [4.69, 9.17) is 5.73 Å². The first-order chi connectivity index (χ1) is 5.99. The highest BCUT2D eigenvalue weighted by Gasteiger charge is 2.16. The Balaban J connectivity index is 4.00. The Kier molecular flexibility index (Phi) is 4.75. The topological polar surface area (TPSA) is 84.7 Å². The van der Waals surface area contributed by atoms with Gasteiger partial charge in [0.2, 0.25) is 0 Å². The van der Waals surface area contributed by atoms with Crippen molar-refractivity contribution in [2.45, 2.75) is 6.92 Å². The number of ether oxygens (including phenoxy) is 1. The standard InChI is InChI=1S/C6H11N3O3S/c1-3-12-5(11)4(10)8-9(2)6(7)13/h3H2,1-2H3,(H2,7,13)(H,8,10). The maximum atomic E-state index is 10.9. The highest BCUT2D eigenvalue weighted by Crippen LogP contribution is 1.80. The third-order valence-electron chi connectivity index (χ3n) is 1.06. The van der Waals surface area contributed by atoms with Crippen molar-refractivity contribution in [1.29, 1.82) is 0 Å². The Morgan fingerprint density at radius 3 is 2.54 bits per heavy atom. The van der Waals surface area contributed by atoms with Crippen molar-refractivity contribution < 1.29 is 14.3 Å². The molecular formula is C6H11N3O3S. The number of hydrazine groups is 1. The lowest BCUT2D eigenvalue weighted by Gasteiger charge is -2.16. The zero-order valence-electron chi connectivity index (χ0n) is 7.36. The predicted molar refractivity (Wildman–Crippen MR) is 49.3 cm³/mol. The van der Waals surface area contributed by atoms with Crippen LogP contribution in [0.5, 0.6) is 0 Å². The van der Waals surface area contributed by atoms with Gasteiger partial charge in [-0.25, -0.2) is 4.79 Å². The molecule has 0 atom stereocenters. The van der Waals surface area contributed by atoms with Crippen molar-refractivity contribution in [2.24, 2.45) is 5.73 Å². The molecule has 6 nitrogen and oxygen atoms in total. The quantitative estimate of drug-likeness (QED) is 0.241. The number of thiocarbonyl (C=S) groups is 1. The van der Waals surface area contributed by atoms with E-state index < -0.39 is 11.9 Å². The van der Waals surface area contributed by atoms with Gasteiger partial charge >= 0.3 is 11.9 Å². The molecule has 0 aliphatic carbocycles. The number of nitrogens with two attached hydrogens (primary N) is 1. The molecule has 0 spiro atoms. The van der Waals surface area contributed by atoms with Crippen LogP contribution in [0, 0.1) is 0 Å². The van der Waals surface area contributed by atoms with Crippen molar-refractivity contribution in [3.05, 3.63) is 0 Å². The maximum Gasteiger partial charge on any atom is 0.398 e. The molecule has 7 heteroatoms. The van der Waals surface area contributed by atoms with Gasteiger partial charge in [-0.1, -0.05) is 0 Å². The van der Waals surface area contributed by atoms with E-state index >= 15 is 0 Å². The Hall–Kier alpha value is -1.37. The molecular weight excluding hydrogens is 194 g/mol. The summed E-state index contributed by atoms with van der Waals surface area (Å²) in [6.45, 7) is 1.74. The van der Waals surface area contributed by atoms with Gasteiger partial charge in [-0.05, 0) is 19.1 Å². The summed E-state index contributed by atoms with van der Waals surface area (Å²) in [5, 5.41) is 1.01. The molecule has 1 amide bonds. The number of carbonyl (C=O) groups is 2. The number of hydrogen-bond acceptors (Lipinski definition) is 4. The molecule has 0 fully saturated rings. The molecule has 0 bridgehead atoms. The molecule has 0 heterocycles. The van der Waals surface area contributed by atoms with Crippen LogP contribution in [0.4, 0.5) is 0 Å². The lowest BCUT2D eigenvalue weighted by atomic mass is 10.6. The number of rotatable bonds is 1. The third-order valence-corrected chi connectivity index (χ3v) is 1.33. The number of hydrogen-bond donors (Lipinski definition) is 2. The highest BCUT2D eigenvalue weighted by molar-refractivity contribution is 7.80. The number of nitrogens with one attached hydrogen (secondary N) is 1. The van der Waals surface area contributed by atoms with E-state index in [1.807, 2.05) is 0 Å². The monoisotopic (exact) mass is 205 g/mol. The molecule has 0 rings (SSSR count). The smallest absolute Gasteiger partial charge is 0.398 e. The zero-order chi connectivity index (χ0) is 10.4. The van der Waals surface area contributed by atoms with Gasteiger partial charge in [-0.3, -0.25) is 15.2 Å². The van der Waals surface area contributed by atoms with E-state index in [1.165, 1.54) is 7.05 Å². The average Bonchev–Trinajstić information content (AvgIpc) is 2.04. The van der Waals surface area contributed by atoms with Gasteiger partial charge < -0.3 is 10.5 Å². The SMILES string of the molecule is CCOC(=O)C(=O)NN(C)C(N)=S. The molecule has 3 N–H and O–H groups in total. The molecule has 0 aromatic heterocycles. The van der Waals surface area contributed by atoms with E-state index in [9.17, 15) is 9.59 Å². The fraction of sp³-hybridized carbons (Fsp3) is 0.500. The second-order valence-corrected chi connectivity index (χ2v) is 2.48. The fourth-order valence-corrected chi connectivity index (χ4v) is 0.495. The van der Waals surface area contributed by atoms with Gasteiger partial charge in [0.25, 0.3) is 0 Å². The van der Waals surface area contributed by atoms with Gasteiger partial charge in [0, 0.05) is 7.05 Å². The van der Waals surface area contributed by atoms with Gasteiger partial charge in [-0.15, -0.1) is 0 Å². The Labute approximate surface area is 81.0 Å². The zero-order valence-corrected chi connectivity index (χ0v) is 8.18. The van der Waals surface area contributed by atoms with E-state index in [2.05, 4.69) is 22.4 Å². The highest BCUT2D eigenvalue weighted by atomic mass is 32.1. The van der Waals surface area contributed by atoms with Gasteiger partial charge in [0.1, 0.15) is 0 Å². The van der Waals surface area contributed by atoms with Crippen molar-refractivity contribution in [2.75, 3.05) is 13.7 Å². The minimum atomic E-state index is -0.967. The number of carbonyl (C=O) groups excluding carboxylic acids is 2. The molecule has 13 heavy (non-hydrogen) atoms. The van der Waals surface area contributed by atoms with Crippen LogP contribution in [0.1, 0.15) is 6.92 Å². The first-order valence-corrected chi connectivity index (χ1v) is 3.90. The summed E-state index contributed by atoms with van der Waals surface area (Å²) in [5.74, 6) is -1.87. The molecule has 0 aliphatic rings. The molecule has 0 radical (unpaired) electrons. The van der Waals surface area contributed by atoms with Crippen LogP contribution in [-0.2, 0) is 14.3 Å². The van der Waals surface area contributed by atoms with Gasteiger partial charge in [0.05, 0.1) is 6.61 Å². The van der Waals surface area contributed by atoms with Crippen LogP contribution >= 0.6 is 12.2 Å². The predicted octanol–water partition coefficient (Wildman–Crippen LogP) is -1.24. The summed E-state index contributed by atoms with van der Waals surface area (Å²) in [6.07, 6.45) is 0. The molecule has 0 aromatic rings. The minimum Gasteiger partial charge on any atom is -0.459 e. The molecule has 0 aliphatic heterocycles. The maximum absolute atomic E-state index is 10.9. The summed E-state index contributed by atoms with van der Waals surface area (Å²) >= 11 is 4.52. The lowest BCUT2D eigenvalue weighted by Crippen LogP contribution is -2.48. The molecule has 74 valence electrons. The number of amides is 1. The van der Waals surface area contributed by atoms with Gasteiger partial charge in [-0.2, -0.15) is 0 Å². The van der Waals surface area contributed by atoms with Crippen LogP contribution in [0.15, 0.2) is 0 Å². The van der Waals surface area contributed by atoms with E-state index in [-0.39, 0.29) is 11.7 Å². The summed E-state index contributed by atoms with van der Waals surface area (Å²) < 4.78 is 4.42. The average molecular weight is 205 g/mol. The number of esters is 1. The summed E-state index contributed by atoms with van der Waals surface area (Å²) in [6, 6.07) is 0. The van der Waals surface area contributed by atoms with E-state index in [1.54, 1.807) is 6.92 Å². The van der Waals surface area contributed by atoms with Crippen LogP contribution in [0.25, 0.3) is 0 Å². The van der Waals surface area contributed by atoms with E-state index in [0.717, 1.165) is 5.01 Å². The Morgan fingerprint density at radius 1 is 1.62 bits per heavy atom. The molecule has 0 saturated carbocycles. The number of nitrogens with zero attached hydrogens (tertiary/aromatic N) is 1. The molecule has 0 saturated heterocycles. The van der Waals surface area contributed by atoms with Crippen LogP contribution in [0.2, 0.25) is 0 Å².